The molecule has 0 radical (unpaired) electrons. The Bertz CT molecular complexity index is 146. The highest BCUT2D eigenvalue weighted by molar-refractivity contribution is 4.97. The summed E-state index contributed by atoms with van der Waals surface area (Å²) in [5.74, 6) is 0.590. The van der Waals surface area contributed by atoms with Crippen LogP contribution in [-0.4, -0.2) is 24.9 Å². The van der Waals surface area contributed by atoms with Gasteiger partial charge in [0.1, 0.15) is 0 Å². The van der Waals surface area contributed by atoms with Crippen molar-refractivity contribution in [2.45, 2.75) is 32.0 Å². The lowest BCUT2D eigenvalue weighted by atomic mass is 9.93. The van der Waals surface area contributed by atoms with Gasteiger partial charge < -0.3 is 9.47 Å². The van der Waals surface area contributed by atoms with Crippen molar-refractivity contribution in [2.75, 3.05) is 13.2 Å². The maximum absolute atomic E-state index is 5.65. The average Bonchev–Trinajstić information content (AvgIpc) is 2.35. The van der Waals surface area contributed by atoms with Gasteiger partial charge in [0, 0.05) is 18.9 Å². The van der Waals surface area contributed by atoms with Gasteiger partial charge in [0.2, 0.25) is 0 Å². The first kappa shape index (κ1) is 6.62. The van der Waals surface area contributed by atoms with Crippen molar-refractivity contribution in [1.82, 2.24) is 0 Å². The first-order valence-corrected chi connectivity index (χ1v) is 3.98. The highest BCUT2D eigenvalue weighted by Gasteiger charge is 2.48. The number of hydrogen-bond donors (Lipinski definition) is 0. The average molecular weight is 142 g/mol. The van der Waals surface area contributed by atoms with Crippen LogP contribution in [0.25, 0.3) is 0 Å². The Balaban J connectivity index is 2.19. The van der Waals surface area contributed by atoms with Gasteiger partial charge in [-0.1, -0.05) is 6.92 Å². The molecule has 58 valence electrons. The molecule has 0 aromatic carbocycles. The molecule has 0 aromatic rings. The second-order valence-corrected chi connectivity index (χ2v) is 3.64. The fraction of sp³-hybridized carbons (Fsp3) is 1.00. The van der Waals surface area contributed by atoms with Crippen LogP contribution in [0.4, 0.5) is 0 Å². The lowest BCUT2D eigenvalue weighted by Gasteiger charge is -2.21. The van der Waals surface area contributed by atoms with Gasteiger partial charge in [-0.2, -0.15) is 0 Å². The van der Waals surface area contributed by atoms with Crippen LogP contribution in [0.2, 0.25) is 0 Å². The van der Waals surface area contributed by atoms with Crippen molar-refractivity contribution in [2.24, 2.45) is 5.92 Å². The molecule has 0 bridgehead atoms. The summed E-state index contributed by atoms with van der Waals surface area (Å²) in [6.07, 6.45) is 1.44. The molecule has 2 saturated heterocycles. The minimum absolute atomic E-state index is 0.0550. The molecule has 2 rings (SSSR count). The van der Waals surface area contributed by atoms with Gasteiger partial charge in [0.25, 0.3) is 0 Å². The smallest absolute Gasteiger partial charge is 0.0940 e. The zero-order chi connectivity index (χ0) is 7.19. The maximum Gasteiger partial charge on any atom is 0.0940 e. The van der Waals surface area contributed by atoms with E-state index in [4.69, 9.17) is 9.47 Å². The number of fused-ring (bicyclic) bond motifs is 1. The molecule has 10 heavy (non-hydrogen) atoms. The summed E-state index contributed by atoms with van der Waals surface area (Å²) in [6.45, 7) is 6.11. The molecular weight excluding hydrogens is 128 g/mol. The summed E-state index contributed by atoms with van der Waals surface area (Å²) < 4.78 is 11.2. The molecular formula is C8H14O2. The Morgan fingerprint density at radius 1 is 1.50 bits per heavy atom. The highest BCUT2D eigenvalue weighted by Crippen LogP contribution is 2.39. The summed E-state index contributed by atoms with van der Waals surface area (Å²) in [4.78, 5) is 0. The normalized spacial score (nSPS) is 53.4. The van der Waals surface area contributed by atoms with Crippen LogP contribution in [0, 0.1) is 5.92 Å². The van der Waals surface area contributed by atoms with Crippen molar-refractivity contribution < 1.29 is 9.47 Å². The van der Waals surface area contributed by atoms with Crippen LogP contribution in [0.3, 0.4) is 0 Å². The van der Waals surface area contributed by atoms with Crippen LogP contribution in [0.15, 0.2) is 0 Å². The Labute approximate surface area is 61.5 Å². The van der Waals surface area contributed by atoms with Gasteiger partial charge in [0.15, 0.2) is 0 Å². The van der Waals surface area contributed by atoms with E-state index in [0.717, 1.165) is 19.6 Å². The summed E-state index contributed by atoms with van der Waals surface area (Å²) in [5.41, 5.74) is 0.0550. The van der Waals surface area contributed by atoms with Crippen molar-refractivity contribution in [3.63, 3.8) is 0 Å². The predicted molar refractivity (Wildman–Crippen MR) is 37.9 cm³/mol. The van der Waals surface area contributed by atoms with Crippen molar-refractivity contribution in [3.8, 4) is 0 Å². The standard InChI is InChI=1S/C8H14O2/c1-6-5-10-8(2)3-4-9-7(6)8/h6-7H,3-5H2,1-2H3/t6-,7-,8-/m1/s1. The zero-order valence-electron chi connectivity index (χ0n) is 6.59. The lowest BCUT2D eigenvalue weighted by molar-refractivity contribution is -0.00723. The third kappa shape index (κ3) is 0.722. The summed E-state index contributed by atoms with van der Waals surface area (Å²) in [7, 11) is 0. The minimum Gasteiger partial charge on any atom is -0.375 e. The topological polar surface area (TPSA) is 18.5 Å². The Hall–Kier alpha value is -0.0800. The van der Waals surface area contributed by atoms with Crippen molar-refractivity contribution in [1.29, 1.82) is 0 Å². The maximum atomic E-state index is 5.65. The molecule has 3 atom stereocenters. The first-order valence-electron chi connectivity index (χ1n) is 3.98. The van der Waals surface area contributed by atoms with E-state index in [-0.39, 0.29) is 5.60 Å². The van der Waals surface area contributed by atoms with E-state index in [0.29, 0.717) is 12.0 Å². The quantitative estimate of drug-likeness (QED) is 0.506. The fourth-order valence-electron chi connectivity index (χ4n) is 2.04. The minimum atomic E-state index is 0.0550. The summed E-state index contributed by atoms with van der Waals surface area (Å²) in [6, 6.07) is 0. The van der Waals surface area contributed by atoms with Crippen LogP contribution < -0.4 is 0 Å². The van der Waals surface area contributed by atoms with E-state index >= 15 is 0 Å². The fourth-order valence-corrected chi connectivity index (χ4v) is 2.04. The highest BCUT2D eigenvalue weighted by atomic mass is 16.6. The van der Waals surface area contributed by atoms with E-state index in [9.17, 15) is 0 Å². The Kier molecular flexibility index (Phi) is 1.29. The zero-order valence-corrected chi connectivity index (χ0v) is 6.59. The van der Waals surface area contributed by atoms with Gasteiger partial charge in [-0.05, 0) is 6.92 Å². The molecule has 2 aliphatic rings. The largest absolute Gasteiger partial charge is 0.375 e. The van der Waals surface area contributed by atoms with E-state index in [2.05, 4.69) is 13.8 Å². The van der Waals surface area contributed by atoms with Crippen LogP contribution in [0.5, 0.6) is 0 Å². The molecule has 0 amide bonds. The molecule has 0 N–H and O–H groups in total. The van der Waals surface area contributed by atoms with Gasteiger partial charge in [-0.3, -0.25) is 0 Å². The third-order valence-electron chi connectivity index (χ3n) is 2.69. The van der Waals surface area contributed by atoms with E-state index < -0.39 is 0 Å². The number of rotatable bonds is 0. The molecule has 0 unspecified atom stereocenters. The van der Waals surface area contributed by atoms with Crippen molar-refractivity contribution >= 4 is 0 Å². The molecule has 0 saturated carbocycles. The summed E-state index contributed by atoms with van der Waals surface area (Å²) in [5, 5.41) is 0. The third-order valence-corrected chi connectivity index (χ3v) is 2.69. The monoisotopic (exact) mass is 142 g/mol. The molecule has 0 spiro atoms. The van der Waals surface area contributed by atoms with Crippen molar-refractivity contribution in [3.05, 3.63) is 0 Å². The van der Waals surface area contributed by atoms with Gasteiger partial charge in [-0.25, -0.2) is 0 Å². The van der Waals surface area contributed by atoms with Crippen LogP contribution >= 0.6 is 0 Å². The molecule has 2 aliphatic heterocycles. The SMILES string of the molecule is C[C@@H]1CO[C@]2(C)CCO[C@H]12. The molecule has 0 aliphatic carbocycles. The Morgan fingerprint density at radius 3 is 3.00 bits per heavy atom. The molecule has 2 heterocycles. The van der Waals surface area contributed by atoms with Gasteiger partial charge >= 0.3 is 0 Å². The molecule has 2 fully saturated rings. The number of hydrogen-bond acceptors (Lipinski definition) is 2. The second kappa shape index (κ2) is 1.95. The molecule has 2 heteroatoms. The Morgan fingerprint density at radius 2 is 2.30 bits per heavy atom. The lowest BCUT2D eigenvalue weighted by Crippen LogP contribution is -2.32. The van der Waals surface area contributed by atoms with Crippen LogP contribution in [0.1, 0.15) is 20.3 Å². The first-order chi connectivity index (χ1) is 4.72. The van der Waals surface area contributed by atoms with Gasteiger partial charge in [-0.15, -0.1) is 0 Å². The predicted octanol–water partition coefficient (Wildman–Crippen LogP) is 1.20. The van der Waals surface area contributed by atoms with E-state index in [1.807, 2.05) is 0 Å². The van der Waals surface area contributed by atoms with E-state index in [1.54, 1.807) is 0 Å². The second-order valence-electron chi connectivity index (χ2n) is 3.64. The molecule has 0 aromatic heterocycles. The summed E-state index contributed by atoms with van der Waals surface area (Å²) >= 11 is 0. The number of ether oxygens (including phenoxy) is 2. The molecule has 2 nitrogen and oxygen atoms in total. The van der Waals surface area contributed by atoms with E-state index in [1.165, 1.54) is 0 Å². The van der Waals surface area contributed by atoms with Crippen LogP contribution in [-0.2, 0) is 9.47 Å². The van der Waals surface area contributed by atoms with Gasteiger partial charge in [0.05, 0.1) is 18.3 Å².